The molecule has 162 valence electrons. The van der Waals surface area contributed by atoms with E-state index >= 15 is 0 Å². The van der Waals surface area contributed by atoms with E-state index in [0.717, 1.165) is 22.1 Å². The van der Waals surface area contributed by atoms with E-state index in [-0.39, 0.29) is 28.0 Å². The van der Waals surface area contributed by atoms with Crippen LogP contribution < -0.4 is 5.32 Å². The Hall–Kier alpha value is -3.19. The third-order valence-corrected chi connectivity index (χ3v) is 5.66. The SMILES string of the molecule is CCOC(=O)c1c(NC(=O)c2cccc3ccccc23)sc(C(=O)OC(C)(C)C)c1C. The number of thiophene rings is 1. The smallest absolute Gasteiger partial charge is 0.349 e. The van der Waals surface area contributed by atoms with Crippen molar-refractivity contribution in [2.45, 2.75) is 40.2 Å². The molecule has 1 N–H and O–H groups in total. The van der Waals surface area contributed by atoms with Gasteiger partial charge in [-0.25, -0.2) is 9.59 Å². The molecule has 0 saturated carbocycles. The molecular formula is C24H25NO5S. The highest BCUT2D eigenvalue weighted by Gasteiger charge is 2.29. The number of benzene rings is 2. The summed E-state index contributed by atoms with van der Waals surface area (Å²) in [7, 11) is 0. The summed E-state index contributed by atoms with van der Waals surface area (Å²) in [6.07, 6.45) is 0. The molecule has 0 aliphatic heterocycles. The van der Waals surface area contributed by atoms with Crippen LogP contribution in [0.25, 0.3) is 10.8 Å². The van der Waals surface area contributed by atoms with Gasteiger partial charge in [0.15, 0.2) is 0 Å². The second-order valence-corrected chi connectivity index (χ2v) is 8.98. The second kappa shape index (κ2) is 8.89. The van der Waals surface area contributed by atoms with E-state index < -0.39 is 17.5 Å². The molecule has 0 fully saturated rings. The van der Waals surface area contributed by atoms with Gasteiger partial charge in [-0.05, 0) is 57.0 Å². The van der Waals surface area contributed by atoms with E-state index in [1.54, 1.807) is 46.8 Å². The Labute approximate surface area is 185 Å². The zero-order valence-corrected chi connectivity index (χ0v) is 19.0. The highest BCUT2D eigenvalue weighted by molar-refractivity contribution is 7.18. The number of carbonyl (C=O) groups is 3. The summed E-state index contributed by atoms with van der Waals surface area (Å²) < 4.78 is 10.6. The normalized spacial score (nSPS) is 11.3. The van der Waals surface area contributed by atoms with Crippen molar-refractivity contribution in [3.8, 4) is 0 Å². The van der Waals surface area contributed by atoms with Crippen LogP contribution in [0.5, 0.6) is 0 Å². The zero-order valence-electron chi connectivity index (χ0n) is 18.2. The summed E-state index contributed by atoms with van der Waals surface area (Å²) in [5.41, 5.74) is 0.370. The van der Waals surface area contributed by atoms with Crippen molar-refractivity contribution < 1.29 is 23.9 Å². The standard InChI is InChI=1S/C24H25NO5S/c1-6-29-22(27)18-14(2)19(23(28)30-24(3,4)5)31-21(18)25-20(26)17-13-9-11-15-10-7-8-12-16(15)17/h7-13H,6H2,1-5H3,(H,25,26). The van der Waals surface area contributed by atoms with E-state index in [0.29, 0.717) is 11.1 Å². The summed E-state index contributed by atoms with van der Waals surface area (Å²) in [6.45, 7) is 8.82. The lowest BCUT2D eigenvalue weighted by Crippen LogP contribution is -2.23. The molecule has 0 radical (unpaired) electrons. The first-order chi connectivity index (χ1) is 14.6. The van der Waals surface area contributed by atoms with Crippen molar-refractivity contribution in [2.75, 3.05) is 11.9 Å². The summed E-state index contributed by atoms with van der Waals surface area (Å²) in [5, 5.41) is 4.79. The lowest BCUT2D eigenvalue weighted by atomic mass is 10.0. The van der Waals surface area contributed by atoms with Gasteiger partial charge >= 0.3 is 11.9 Å². The Kier molecular flexibility index (Phi) is 6.45. The first-order valence-electron chi connectivity index (χ1n) is 9.95. The Morgan fingerprint density at radius 1 is 1.00 bits per heavy atom. The van der Waals surface area contributed by atoms with Crippen molar-refractivity contribution in [1.82, 2.24) is 0 Å². The molecule has 3 aromatic rings. The Morgan fingerprint density at radius 3 is 2.35 bits per heavy atom. The number of rotatable bonds is 5. The second-order valence-electron chi connectivity index (χ2n) is 7.96. The van der Waals surface area contributed by atoms with Crippen molar-refractivity contribution in [2.24, 2.45) is 0 Å². The van der Waals surface area contributed by atoms with Gasteiger partial charge < -0.3 is 14.8 Å². The molecule has 0 aliphatic rings. The summed E-state index contributed by atoms with van der Waals surface area (Å²) >= 11 is 1.01. The van der Waals surface area contributed by atoms with E-state index in [2.05, 4.69) is 5.32 Å². The van der Waals surface area contributed by atoms with Gasteiger partial charge in [0.1, 0.15) is 15.5 Å². The lowest BCUT2D eigenvalue weighted by Gasteiger charge is -2.19. The summed E-state index contributed by atoms with van der Waals surface area (Å²) in [4.78, 5) is 38.7. The van der Waals surface area contributed by atoms with Crippen LogP contribution >= 0.6 is 11.3 Å². The minimum atomic E-state index is -0.691. The molecule has 2 aromatic carbocycles. The van der Waals surface area contributed by atoms with Crippen LogP contribution in [-0.4, -0.2) is 30.1 Å². The van der Waals surface area contributed by atoms with Crippen LogP contribution in [0.3, 0.4) is 0 Å². The highest BCUT2D eigenvalue weighted by Crippen LogP contribution is 2.35. The number of hydrogen-bond acceptors (Lipinski definition) is 6. The molecule has 1 aromatic heterocycles. The minimum absolute atomic E-state index is 0.168. The van der Waals surface area contributed by atoms with Gasteiger partial charge in [-0.1, -0.05) is 36.4 Å². The van der Waals surface area contributed by atoms with Gasteiger partial charge in [0.05, 0.1) is 12.2 Å². The number of nitrogens with one attached hydrogen (secondary N) is 1. The predicted molar refractivity (Wildman–Crippen MR) is 122 cm³/mol. The van der Waals surface area contributed by atoms with Gasteiger partial charge in [0, 0.05) is 5.56 Å². The molecule has 1 amide bonds. The number of fused-ring (bicyclic) bond motifs is 1. The molecule has 0 atom stereocenters. The van der Waals surface area contributed by atoms with Crippen molar-refractivity contribution in [3.63, 3.8) is 0 Å². The van der Waals surface area contributed by atoms with Gasteiger partial charge in [0.2, 0.25) is 0 Å². The van der Waals surface area contributed by atoms with Crippen LogP contribution in [0, 0.1) is 6.92 Å². The molecule has 0 bridgehead atoms. The fraction of sp³-hybridized carbons (Fsp3) is 0.292. The monoisotopic (exact) mass is 439 g/mol. The minimum Gasteiger partial charge on any atom is -0.462 e. The number of amides is 1. The quantitative estimate of drug-likeness (QED) is 0.524. The Bertz CT molecular complexity index is 1150. The summed E-state index contributed by atoms with van der Waals surface area (Å²) in [6, 6.07) is 13.0. The number of esters is 2. The molecule has 31 heavy (non-hydrogen) atoms. The molecule has 0 aliphatic carbocycles. The fourth-order valence-corrected chi connectivity index (χ4v) is 4.23. The molecule has 3 rings (SSSR count). The van der Waals surface area contributed by atoms with Gasteiger partial charge in [0.25, 0.3) is 5.91 Å². The first kappa shape index (κ1) is 22.5. The maximum absolute atomic E-state index is 13.1. The average Bonchev–Trinajstić information content (AvgIpc) is 3.02. The topological polar surface area (TPSA) is 81.7 Å². The van der Waals surface area contributed by atoms with E-state index in [9.17, 15) is 14.4 Å². The molecule has 1 heterocycles. The van der Waals surface area contributed by atoms with E-state index in [1.165, 1.54) is 0 Å². The van der Waals surface area contributed by atoms with Crippen LogP contribution in [-0.2, 0) is 9.47 Å². The number of anilines is 1. The molecule has 0 spiro atoms. The molecular weight excluding hydrogens is 414 g/mol. The van der Waals surface area contributed by atoms with Crippen LogP contribution in [0.1, 0.15) is 63.6 Å². The van der Waals surface area contributed by atoms with Crippen molar-refractivity contribution >= 4 is 45.0 Å². The molecule has 6 nitrogen and oxygen atoms in total. The number of carbonyl (C=O) groups excluding carboxylic acids is 3. The molecule has 7 heteroatoms. The fourth-order valence-electron chi connectivity index (χ4n) is 3.16. The predicted octanol–water partition coefficient (Wildman–Crippen LogP) is 5.59. The van der Waals surface area contributed by atoms with Crippen LogP contribution in [0.2, 0.25) is 0 Å². The largest absolute Gasteiger partial charge is 0.462 e. The third kappa shape index (κ3) is 4.94. The summed E-state index contributed by atoms with van der Waals surface area (Å²) in [5.74, 6) is -1.52. The van der Waals surface area contributed by atoms with E-state index in [1.807, 2.05) is 30.3 Å². The molecule has 0 saturated heterocycles. The maximum atomic E-state index is 13.1. The Morgan fingerprint density at radius 2 is 1.68 bits per heavy atom. The average molecular weight is 440 g/mol. The zero-order chi connectivity index (χ0) is 22.8. The highest BCUT2D eigenvalue weighted by atomic mass is 32.1. The maximum Gasteiger partial charge on any atom is 0.349 e. The Balaban J connectivity index is 2.02. The number of hydrogen-bond donors (Lipinski definition) is 1. The van der Waals surface area contributed by atoms with Gasteiger partial charge in [-0.3, -0.25) is 4.79 Å². The lowest BCUT2D eigenvalue weighted by molar-refractivity contribution is 0.00744. The third-order valence-electron chi connectivity index (χ3n) is 4.47. The van der Waals surface area contributed by atoms with Crippen molar-refractivity contribution in [1.29, 1.82) is 0 Å². The van der Waals surface area contributed by atoms with Crippen LogP contribution in [0.15, 0.2) is 42.5 Å². The number of ether oxygens (including phenoxy) is 2. The van der Waals surface area contributed by atoms with Gasteiger partial charge in [-0.15, -0.1) is 11.3 Å². The molecule has 0 unspecified atom stereocenters. The first-order valence-corrected chi connectivity index (χ1v) is 10.8. The van der Waals surface area contributed by atoms with Crippen molar-refractivity contribution in [3.05, 3.63) is 64.0 Å². The van der Waals surface area contributed by atoms with E-state index in [4.69, 9.17) is 9.47 Å². The van der Waals surface area contributed by atoms with Gasteiger partial charge in [-0.2, -0.15) is 0 Å². The van der Waals surface area contributed by atoms with Crippen LogP contribution in [0.4, 0.5) is 5.00 Å².